The third-order valence-electron chi connectivity index (χ3n) is 2.77. The van der Waals surface area contributed by atoms with Crippen LogP contribution in [0.4, 0.5) is 17.2 Å². The van der Waals surface area contributed by atoms with Crippen LogP contribution in [0.15, 0.2) is 30.5 Å². The Labute approximate surface area is 111 Å². The summed E-state index contributed by atoms with van der Waals surface area (Å²) in [5.41, 5.74) is 8.93. The molecule has 0 unspecified atom stereocenters. The number of pyridine rings is 1. The van der Waals surface area contributed by atoms with Crippen LogP contribution in [-0.2, 0) is 0 Å². The van der Waals surface area contributed by atoms with Crippen molar-refractivity contribution in [3.8, 4) is 0 Å². The summed E-state index contributed by atoms with van der Waals surface area (Å²) in [5.74, 6) is -0.777. The van der Waals surface area contributed by atoms with Crippen LogP contribution in [0.5, 0.6) is 0 Å². The molecule has 1 aromatic carbocycles. The van der Waals surface area contributed by atoms with Crippen molar-refractivity contribution in [2.75, 3.05) is 11.1 Å². The maximum absolute atomic E-state index is 11.2. The maximum atomic E-state index is 11.2. The van der Waals surface area contributed by atoms with Crippen LogP contribution >= 0.6 is 0 Å². The van der Waals surface area contributed by atoms with Crippen molar-refractivity contribution >= 4 is 23.2 Å². The molecule has 5 nitrogen and oxygen atoms in total. The van der Waals surface area contributed by atoms with Gasteiger partial charge in [0.2, 0.25) is 0 Å². The highest BCUT2D eigenvalue weighted by Gasteiger charge is 2.12. The fraction of sp³-hybridized carbons (Fsp3) is 0.143. The number of nitrogens with one attached hydrogen (secondary N) is 1. The van der Waals surface area contributed by atoms with Crippen LogP contribution in [0.3, 0.4) is 0 Å². The van der Waals surface area contributed by atoms with Crippen LogP contribution < -0.4 is 11.1 Å². The van der Waals surface area contributed by atoms with Crippen LogP contribution in [0.25, 0.3) is 0 Å². The number of carbonyl (C=O) groups is 1. The van der Waals surface area contributed by atoms with E-state index in [1.54, 1.807) is 0 Å². The van der Waals surface area contributed by atoms with E-state index >= 15 is 0 Å². The lowest BCUT2D eigenvalue weighted by Crippen LogP contribution is -2.06. The monoisotopic (exact) mass is 257 g/mol. The Morgan fingerprint density at radius 2 is 2.05 bits per heavy atom. The third-order valence-corrected chi connectivity index (χ3v) is 2.77. The minimum Gasteiger partial charge on any atom is -0.478 e. The molecule has 0 radical (unpaired) electrons. The van der Waals surface area contributed by atoms with Gasteiger partial charge in [0.15, 0.2) is 0 Å². The van der Waals surface area contributed by atoms with Crippen molar-refractivity contribution in [1.29, 1.82) is 0 Å². The summed E-state index contributed by atoms with van der Waals surface area (Å²) in [6, 6.07) is 7.25. The van der Waals surface area contributed by atoms with E-state index in [2.05, 4.69) is 10.3 Å². The molecule has 0 atom stereocenters. The minimum atomic E-state index is -1.06. The van der Waals surface area contributed by atoms with E-state index in [0.717, 1.165) is 16.8 Å². The van der Waals surface area contributed by atoms with Crippen LogP contribution in [0, 0.1) is 13.8 Å². The van der Waals surface area contributed by atoms with E-state index in [4.69, 9.17) is 10.8 Å². The Morgan fingerprint density at radius 1 is 1.32 bits per heavy atom. The fourth-order valence-corrected chi connectivity index (χ4v) is 1.82. The Hall–Kier alpha value is -2.56. The zero-order valence-corrected chi connectivity index (χ0v) is 10.8. The second-order valence-electron chi connectivity index (χ2n) is 4.41. The largest absolute Gasteiger partial charge is 0.478 e. The molecule has 1 aromatic heterocycles. The highest BCUT2D eigenvalue weighted by atomic mass is 16.4. The first-order valence-electron chi connectivity index (χ1n) is 5.80. The van der Waals surface area contributed by atoms with Gasteiger partial charge < -0.3 is 16.2 Å². The quantitative estimate of drug-likeness (QED) is 0.786. The third kappa shape index (κ3) is 2.82. The van der Waals surface area contributed by atoms with Crippen molar-refractivity contribution < 1.29 is 9.90 Å². The van der Waals surface area contributed by atoms with Crippen molar-refractivity contribution in [3.05, 3.63) is 47.2 Å². The summed E-state index contributed by atoms with van der Waals surface area (Å²) in [6.45, 7) is 3.95. The number of benzene rings is 1. The number of aryl methyl sites for hydroxylation is 2. The Balaban J connectivity index is 2.40. The van der Waals surface area contributed by atoms with E-state index in [-0.39, 0.29) is 11.4 Å². The number of nitrogens with zero attached hydrogens (tertiary/aromatic N) is 1. The van der Waals surface area contributed by atoms with Gasteiger partial charge in [0.1, 0.15) is 11.4 Å². The molecular formula is C14H15N3O2. The van der Waals surface area contributed by atoms with Crippen molar-refractivity contribution in [3.63, 3.8) is 0 Å². The van der Waals surface area contributed by atoms with Gasteiger partial charge in [-0.2, -0.15) is 0 Å². The summed E-state index contributed by atoms with van der Waals surface area (Å²) in [6.07, 6.45) is 1.43. The molecule has 19 heavy (non-hydrogen) atoms. The van der Waals surface area contributed by atoms with Crippen LogP contribution in [0.1, 0.15) is 21.5 Å². The molecule has 0 bridgehead atoms. The Bertz CT molecular complexity index is 639. The number of anilines is 3. The number of nitrogens with two attached hydrogens (primary N) is 1. The number of nitrogen functional groups attached to an aromatic ring is 1. The van der Waals surface area contributed by atoms with Crippen molar-refractivity contribution in [2.45, 2.75) is 13.8 Å². The number of rotatable bonds is 3. The SMILES string of the molecule is Cc1ccc(Nc2ncc(N)cc2C(=O)O)c(C)c1. The molecule has 98 valence electrons. The fourth-order valence-electron chi connectivity index (χ4n) is 1.82. The summed E-state index contributed by atoms with van der Waals surface area (Å²) >= 11 is 0. The molecule has 0 saturated carbocycles. The highest BCUT2D eigenvalue weighted by molar-refractivity contribution is 5.95. The summed E-state index contributed by atoms with van der Waals surface area (Å²) in [5, 5.41) is 12.2. The molecule has 0 saturated heterocycles. The molecule has 5 heteroatoms. The molecule has 0 amide bonds. The molecule has 4 N–H and O–H groups in total. The van der Waals surface area contributed by atoms with Gasteiger partial charge in [0.25, 0.3) is 0 Å². The van der Waals surface area contributed by atoms with Crippen LogP contribution in [-0.4, -0.2) is 16.1 Å². The maximum Gasteiger partial charge on any atom is 0.339 e. The predicted molar refractivity (Wildman–Crippen MR) is 74.8 cm³/mol. The zero-order chi connectivity index (χ0) is 14.0. The number of hydrogen-bond acceptors (Lipinski definition) is 4. The molecule has 2 rings (SSSR count). The molecule has 0 aliphatic rings. The first kappa shape index (κ1) is 12.9. The predicted octanol–water partition coefficient (Wildman–Crippen LogP) is 2.72. The van der Waals surface area contributed by atoms with Gasteiger partial charge in [0.05, 0.1) is 11.9 Å². The zero-order valence-electron chi connectivity index (χ0n) is 10.8. The molecule has 1 heterocycles. The van der Waals surface area contributed by atoms with Gasteiger partial charge in [-0.3, -0.25) is 0 Å². The lowest BCUT2D eigenvalue weighted by molar-refractivity contribution is 0.0697. The molecular weight excluding hydrogens is 242 g/mol. The van der Waals surface area contributed by atoms with Crippen molar-refractivity contribution in [2.24, 2.45) is 0 Å². The van der Waals surface area contributed by atoms with Gasteiger partial charge in [-0.1, -0.05) is 17.7 Å². The Morgan fingerprint density at radius 3 is 2.68 bits per heavy atom. The van der Waals surface area contributed by atoms with E-state index in [1.165, 1.54) is 12.3 Å². The lowest BCUT2D eigenvalue weighted by atomic mass is 10.1. The number of aromatic nitrogens is 1. The van der Waals surface area contributed by atoms with Crippen molar-refractivity contribution in [1.82, 2.24) is 4.98 Å². The molecule has 0 fully saturated rings. The molecule has 2 aromatic rings. The number of carboxylic acids is 1. The minimum absolute atomic E-state index is 0.0555. The summed E-state index contributed by atoms with van der Waals surface area (Å²) < 4.78 is 0. The molecule has 0 spiro atoms. The summed E-state index contributed by atoms with van der Waals surface area (Å²) in [4.78, 5) is 15.2. The first-order chi connectivity index (χ1) is 8.97. The normalized spacial score (nSPS) is 10.2. The lowest BCUT2D eigenvalue weighted by Gasteiger charge is -2.12. The topological polar surface area (TPSA) is 88.2 Å². The number of carboxylic acid groups (broad SMARTS) is 1. The van der Waals surface area contributed by atoms with Gasteiger partial charge >= 0.3 is 5.97 Å². The highest BCUT2D eigenvalue weighted by Crippen LogP contribution is 2.23. The van der Waals surface area contributed by atoms with Gasteiger partial charge in [-0.25, -0.2) is 9.78 Å². The van der Waals surface area contributed by atoms with E-state index in [0.29, 0.717) is 5.69 Å². The van der Waals surface area contributed by atoms with Gasteiger partial charge in [-0.05, 0) is 31.5 Å². The average molecular weight is 257 g/mol. The molecule has 0 aliphatic heterocycles. The van der Waals surface area contributed by atoms with E-state index in [1.807, 2.05) is 32.0 Å². The second-order valence-corrected chi connectivity index (χ2v) is 4.41. The van der Waals surface area contributed by atoms with Gasteiger partial charge in [-0.15, -0.1) is 0 Å². The number of aromatic carboxylic acids is 1. The summed E-state index contributed by atoms with van der Waals surface area (Å²) in [7, 11) is 0. The average Bonchev–Trinajstić information content (AvgIpc) is 2.34. The molecule has 0 aliphatic carbocycles. The van der Waals surface area contributed by atoms with E-state index < -0.39 is 5.97 Å². The van der Waals surface area contributed by atoms with E-state index in [9.17, 15) is 4.79 Å². The second kappa shape index (κ2) is 4.97. The number of hydrogen-bond donors (Lipinski definition) is 3. The smallest absolute Gasteiger partial charge is 0.339 e. The first-order valence-corrected chi connectivity index (χ1v) is 5.80. The Kier molecular flexibility index (Phi) is 3.37. The standard InChI is InChI=1S/C14H15N3O2/c1-8-3-4-12(9(2)5-8)17-13-11(14(18)19)6-10(15)7-16-13/h3-7H,15H2,1-2H3,(H,16,17)(H,18,19). The van der Waals surface area contributed by atoms with Gasteiger partial charge in [0, 0.05) is 5.69 Å². The van der Waals surface area contributed by atoms with Crippen LogP contribution in [0.2, 0.25) is 0 Å².